The molecule has 2 amide bonds. The summed E-state index contributed by atoms with van der Waals surface area (Å²) in [5.74, 6) is -1.40. The standard InChI is InChI=1S/C25H17ClF3N7O2S/c1-13(24-32-11-20(39-24)23(38)35-21-8-17(25(27,28)29)18(26)10-31-21)34-22(37)16-9-33-36-12-15(2-3-19(16)36)14-4-6-30-7-5-14/h2-13H,1H3,(H,34,37)(H,31,35,38). The van der Waals surface area contributed by atoms with Gasteiger partial charge in [0.25, 0.3) is 11.8 Å². The maximum Gasteiger partial charge on any atom is 0.418 e. The van der Waals surface area contributed by atoms with Gasteiger partial charge >= 0.3 is 6.18 Å². The summed E-state index contributed by atoms with van der Waals surface area (Å²) in [5.41, 5.74) is 1.71. The van der Waals surface area contributed by atoms with Crippen LogP contribution in [0, 0.1) is 0 Å². The van der Waals surface area contributed by atoms with Gasteiger partial charge in [-0.2, -0.15) is 18.3 Å². The van der Waals surface area contributed by atoms with Crippen molar-refractivity contribution in [1.82, 2.24) is 29.9 Å². The molecular formula is C25H17ClF3N7O2S. The van der Waals surface area contributed by atoms with Gasteiger partial charge in [-0.1, -0.05) is 17.7 Å². The van der Waals surface area contributed by atoms with E-state index in [0.717, 1.165) is 28.7 Å². The van der Waals surface area contributed by atoms with Crippen molar-refractivity contribution in [3.05, 3.63) is 93.5 Å². The summed E-state index contributed by atoms with van der Waals surface area (Å²) < 4.78 is 40.9. The van der Waals surface area contributed by atoms with Gasteiger partial charge in [-0.15, -0.1) is 11.3 Å². The fourth-order valence-corrected chi connectivity index (χ4v) is 4.73. The van der Waals surface area contributed by atoms with Crippen molar-refractivity contribution in [3.8, 4) is 11.1 Å². The van der Waals surface area contributed by atoms with Crippen molar-refractivity contribution in [2.75, 3.05) is 5.32 Å². The average Bonchev–Trinajstić information content (AvgIpc) is 3.57. The smallest absolute Gasteiger partial charge is 0.343 e. The summed E-state index contributed by atoms with van der Waals surface area (Å²) in [7, 11) is 0. The van der Waals surface area contributed by atoms with Crippen molar-refractivity contribution in [2.24, 2.45) is 0 Å². The highest BCUT2D eigenvalue weighted by Gasteiger charge is 2.34. The van der Waals surface area contributed by atoms with Crippen LogP contribution >= 0.6 is 22.9 Å². The third-order valence-electron chi connectivity index (χ3n) is 5.64. The molecule has 0 saturated carbocycles. The SMILES string of the molecule is CC(NC(=O)c1cnn2cc(-c3ccncc3)ccc12)c1ncc(C(=O)Nc2cc(C(F)(F)F)c(Cl)cn2)s1. The molecule has 0 radical (unpaired) electrons. The van der Waals surface area contributed by atoms with Crippen LogP contribution in [0.5, 0.6) is 0 Å². The number of rotatable bonds is 6. The molecule has 0 aliphatic heterocycles. The first-order valence-electron chi connectivity index (χ1n) is 11.3. The third kappa shape index (κ3) is 5.59. The van der Waals surface area contributed by atoms with Gasteiger partial charge in [-0.3, -0.25) is 14.6 Å². The molecule has 14 heteroatoms. The Morgan fingerprint density at radius 2 is 1.79 bits per heavy atom. The van der Waals surface area contributed by atoms with Gasteiger partial charge in [0.1, 0.15) is 15.7 Å². The minimum atomic E-state index is -4.70. The number of halogens is 4. The second kappa shape index (κ2) is 10.4. The van der Waals surface area contributed by atoms with Crippen molar-refractivity contribution in [3.63, 3.8) is 0 Å². The number of alkyl halides is 3. The predicted molar refractivity (Wildman–Crippen MR) is 139 cm³/mol. The summed E-state index contributed by atoms with van der Waals surface area (Å²) in [6, 6.07) is 7.50. The van der Waals surface area contributed by atoms with Gasteiger partial charge in [0.2, 0.25) is 0 Å². The number of aromatic nitrogens is 5. The summed E-state index contributed by atoms with van der Waals surface area (Å²) in [6.07, 6.45) is 4.04. The number of nitrogens with one attached hydrogen (secondary N) is 2. The molecule has 9 nitrogen and oxygen atoms in total. The van der Waals surface area contributed by atoms with Crippen molar-refractivity contribution in [1.29, 1.82) is 0 Å². The lowest BCUT2D eigenvalue weighted by Gasteiger charge is -2.11. The first-order chi connectivity index (χ1) is 18.6. The summed E-state index contributed by atoms with van der Waals surface area (Å²) in [4.78, 5) is 37.6. The van der Waals surface area contributed by atoms with E-state index >= 15 is 0 Å². The van der Waals surface area contributed by atoms with E-state index in [9.17, 15) is 22.8 Å². The molecule has 0 spiro atoms. The Kier molecular flexibility index (Phi) is 7.02. The fraction of sp³-hybridized carbons (Fsp3) is 0.120. The highest BCUT2D eigenvalue weighted by atomic mass is 35.5. The maximum absolute atomic E-state index is 13.1. The summed E-state index contributed by atoms with van der Waals surface area (Å²) in [6.45, 7) is 1.70. The van der Waals surface area contributed by atoms with Crippen LogP contribution in [0.15, 0.2) is 67.5 Å². The molecule has 5 aromatic rings. The maximum atomic E-state index is 13.1. The number of amides is 2. The van der Waals surface area contributed by atoms with Crippen LogP contribution in [0.1, 0.15) is 43.6 Å². The van der Waals surface area contributed by atoms with Crippen LogP contribution < -0.4 is 10.6 Å². The molecule has 39 heavy (non-hydrogen) atoms. The van der Waals surface area contributed by atoms with E-state index in [2.05, 4.69) is 30.7 Å². The van der Waals surface area contributed by atoms with E-state index in [4.69, 9.17) is 11.6 Å². The molecule has 1 atom stereocenters. The van der Waals surface area contributed by atoms with Gasteiger partial charge in [-0.25, -0.2) is 14.5 Å². The molecule has 0 bridgehead atoms. The number of pyridine rings is 3. The fourth-order valence-electron chi connectivity index (χ4n) is 3.71. The molecule has 1 unspecified atom stereocenters. The first-order valence-corrected chi connectivity index (χ1v) is 12.5. The van der Waals surface area contributed by atoms with Crippen LogP contribution in [0.2, 0.25) is 5.02 Å². The molecule has 0 saturated heterocycles. The highest BCUT2D eigenvalue weighted by molar-refractivity contribution is 7.13. The van der Waals surface area contributed by atoms with Crippen molar-refractivity contribution < 1.29 is 22.8 Å². The zero-order chi connectivity index (χ0) is 27.7. The number of hydrogen-bond acceptors (Lipinski definition) is 7. The Bertz CT molecular complexity index is 1690. The van der Waals surface area contributed by atoms with E-state index in [1.807, 2.05) is 24.4 Å². The minimum Gasteiger partial charge on any atom is -0.343 e. The Balaban J connectivity index is 1.27. The lowest BCUT2D eigenvalue weighted by atomic mass is 10.1. The van der Waals surface area contributed by atoms with Crippen LogP contribution in [0.4, 0.5) is 19.0 Å². The number of fused-ring (bicyclic) bond motifs is 1. The number of thiazole rings is 1. The van der Waals surface area contributed by atoms with Gasteiger partial charge in [0, 0.05) is 30.4 Å². The lowest BCUT2D eigenvalue weighted by Crippen LogP contribution is -2.26. The van der Waals surface area contributed by atoms with Crippen LogP contribution in [0.3, 0.4) is 0 Å². The molecule has 5 aromatic heterocycles. The zero-order valence-electron chi connectivity index (χ0n) is 19.9. The Morgan fingerprint density at radius 3 is 2.54 bits per heavy atom. The van der Waals surface area contributed by atoms with Crippen molar-refractivity contribution in [2.45, 2.75) is 19.1 Å². The molecule has 0 aliphatic carbocycles. The predicted octanol–water partition coefficient (Wildman–Crippen LogP) is 5.66. The minimum absolute atomic E-state index is 0.121. The van der Waals surface area contributed by atoms with Gasteiger partial charge < -0.3 is 10.6 Å². The quantitative estimate of drug-likeness (QED) is 0.272. The Morgan fingerprint density at radius 1 is 1.03 bits per heavy atom. The van der Waals surface area contributed by atoms with Gasteiger partial charge in [0.05, 0.1) is 40.1 Å². The van der Waals surface area contributed by atoms with E-state index < -0.39 is 28.7 Å². The molecule has 0 aromatic carbocycles. The number of anilines is 1. The number of nitrogens with zero attached hydrogens (tertiary/aromatic N) is 5. The third-order valence-corrected chi connectivity index (χ3v) is 7.12. The number of carbonyl (C=O) groups is 2. The largest absolute Gasteiger partial charge is 0.418 e. The molecule has 2 N–H and O–H groups in total. The van der Waals surface area contributed by atoms with E-state index in [1.165, 1.54) is 12.4 Å². The normalized spacial score (nSPS) is 12.3. The molecule has 5 heterocycles. The van der Waals surface area contributed by atoms with Crippen LogP contribution in [-0.4, -0.2) is 36.4 Å². The van der Waals surface area contributed by atoms with Crippen LogP contribution in [-0.2, 0) is 6.18 Å². The van der Waals surface area contributed by atoms with Crippen LogP contribution in [0.25, 0.3) is 16.6 Å². The highest BCUT2D eigenvalue weighted by Crippen LogP contribution is 2.35. The Labute approximate surface area is 227 Å². The molecule has 0 fully saturated rings. The van der Waals surface area contributed by atoms with Gasteiger partial charge in [0.15, 0.2) is 0 Å². The number of hydrogen-bond donors (Lipinski definition) is 2. The summed E-state index contributed by atoms with van der Waals surface area (Å²) >= 11 is 6.55. The van der Waals surface area contributed by atoms with E-state index in [1.54, 1.807) is 29.9 Å². The molecule has 5 rings (SSSR count). The van der Waals surface area contributed by atoms with Crippen molar-refractivity contribution >= 4 is 46.1 Å². The second-order valence-electron chi connectivity index (χ2n) is 8.30. The second-order valence-corrected chi connectivity index (χ2v) is 9.77. The zero-order valence-corrected chi connectivity index (χ0v) is 21.5. The Hall–Kier alpha value is -4.36. The monoisotopic (exact) mass is 571 g/mol. The molecular weight excluding hydrogens is 555 g/mol. The number of carbonyl (C=O) groups excluding carboxylic acids is 2. The first kappa shape index (κ1) is 26.3. The molecule has 198 valence electrons. The summed E-state index contributed by atoms with van der Waals surface area (Å²) in [5, 5.41) is 9.28. The topological polar surface area (TPSA) is 114 Å². The van der Waals surface area contributed by atoms with Gasteiger partial charge in [-0.05, 0) is 36.8 Å². The average molecular weight is 572 g/mol. The molecule has 0 aliphatic rings. The van der Waals surface area contributed by atoms with E-state index in [-0.39, 0.29) is 16.6 Å². The lowest BCUT2D eigenvalue weighted by molar-refractivity contribution is -0.137. The van der Waals surface area contributed by atoms with E-state index in [0.29, 0.717) is 22.2 Å².